The monoisotopic (exact) mass is 505 g/mol. The van der Waals surface area contributed by atoms with Crippen LogP contribution in [0.1, 0.15) is 28.8 Å². The summed E-state index contributed by atoms with van der Waals surface area (Å²) in [6.45, 7) is 1.22. The Labute approximate surface area is 211 Å². The molecule has 0 atom stereocenters. The van der Waals surface area contributed by atoms with Crippen LogP contribution in [0.3, 0.4) is 0 Å². The normalized spacial score (nSPS) is 13.9. The highest BCUT2D eigenvalue weighted by molar-refractivity contribution is 5.94. The number of rotatable bonds is 6. The molecular formula is C27H25F2N5O3. The fourth-order valence-electron chi connectivity index (χ4n) is 4.27. The number of carbonyl (C=O) groups excluding carboxylic acids is 2. The Balaban J connectivity index is 1.07. The Bertz CT molecular complexity index is 1400. The van der Waals surface area contributed by atoms with Crippen molar-refractivity contribution in [2.45, 2.75) is 25.5 Å². The van der Waals surface area contributed by atoms with E-state index in [1.54, 1.807) is 35.4 Å². The molecule has 0 spiro atoms. The van der Waals surface area contributed by atoms with E-state index in [9.17, 15) is 18.4 Å². The van der Waals surface area contributed by atoms with Crippen LogP contribution in [-0.4, -0.2) is 45.4 Å². The maximum absolute atomic E-state index is 13.4. The van der Waals surface area contributed by atoms with Gasteiger partial charge in [0.05, 0.1) is 0 Å². The lowest BCUT2D eigenvalue weighted by Gasteiger charge is -2.32. The third kappa shape index (κ3) is 6.03. The molecule has 1 fully saturated rings. The number of pyridine rings is 1. The molecule has 0 aliphatic carbocycles. The number of likely N-dealkylation sites (tertiary alicyclic amines) is 1. The molecule has 0 bridgehead atoms. The lowest BCUT2D eigenvalue weighted by molar-refractivity contribution is 0.0594. The quantitative estimate of drug-likeness (QED) is 0.400. The van der Waals surface area contributed by atoms with E-state index in [-0.39, 0.29) is 17.7 Å². The number of aromatic nitrogens is 2. The second kappa shape index (κ2) is 10.7. The number of nitrogens with zero attached hydrogens (tertiary/aromatic N) is 3. The van der Waals surface area contributed by atoms with Crippen molar-refractivity contribution in [3.63, 3.8) is 0 Å². The molecule has 2 aromatic heterocycles. The van der Waals surface area contributed by atoms with Crippen molar-refractivity contribution in [2.75, 3.05) is 18.4 Å². The molecule has 190 valence electrons. The van der Waals surface area contributed by atoms with Crippen molar-refractivity contribution in [2.24, 2.45) is 0 Å². The smallest absolute Gasteiger partial charge is 0.319 e. The van der Waals surface area contributed by atoms with Gasteiger partial charge < -0.3 is 24.7 Å². The lowest BCUT2D eigenvalue weighted by Crippen LogP contribution is -2.41. The van der Waals surface area contributed by atoms with Crippen LogP contribution in [0.25, 0.3) is 5.65 Å². The molecule has 0 saturated carbocycles. The fraction of sp³-hybridized carbons (Fsp3) is 0.222. The van der Waals surface area contributed by atoms with Gasteiger partial charge in [-0.2, -0.15) is 0 Å². The van der Waals surface area contributed by atoms with Gasteiger partial charge in [0.2, 0.25) is 0 Å². The summed E-state index contributed by atoms with van der Waals surface area (Å²) in [6.07, 6.45) is 6.56. The molecule has 2 N–H and O–H groups in total. The molecule has 2 aromatic carbocycles. The first-order valence-electron chi connectivity index (χ1n) is 11.9. The second-order valence-electron chi connectivity index (χ2n) is 8.83. The van der Waals surface area contributed by atoms with E-state index in [0.717, 1.165) is 29.4 Å². The predicted molar refractivity (Wildman–Crippen MR) is 133 cm³/mol. The van der Waals surface area contributed by atoms with Gasteiger partial charge in [-0.15, -0.1) is 0 Å². The standard InChI is InChI=1S/C27H25F2N5O3/c28-20-14-19(15-21(29)16-20)26(35)34-10-6-24(7-11-34)37-23-3-1-22(2-4-23)32-27(36)31-17-18-5-9-33-12-8-30-25(33)13-18/h1-5,8-9,12-16,24H,6-7,10-11,17H2,(H2,31,32,36). The zero-order chi connectivity index (χ0) is 25.8. The van der Waals surface area contributed by atoms with Crippen LogP contribution < -0.4 is 15.4 Å². The number of fused-ring (bicyclic) bond motifs is 1. The second-order valence-corrected chi connectivity index (χ2v) is 8.83. The number of nitrogens with one attached hydrogen (secondary N) is 2. The number of hydrogen-bond acceptors (Lipinski definition) is 4. The summed E-state index contributed by atoms with van der Waals surface area (Å²) in [5.74, 6) is -1.29. The highest BCUT2D eigenvalue weighted by Crippen LogP contribution is 2.22. The van der Waals surface area contributed by atoms with Gasteiger partial charge in [-0.05, 0) is 54.1 Å². The zero-order valence-corrected chi connectivity index (χ0v) is 19.9. The highest BCUT2D eigenvalue weighted by Gasteiger charge is 2.25. The Kier molecular flexibility index (Phi) is 6.98. The minimum absolute atomic E-state index is 0.00286. The maximum atomic E-state index is 13.4. The van der Waals surface area contributed by atoms with Crippen molar-refractivity contribution in [1.82, 2.24) is 19.6 Å². The molecule has 0 unspecified atom stereocenters. The van der Waals surface area contributed by atoms with Crippen LogP contribution in [-0.2, 0) is 6.54 Å². The fourth-order valence-corrected chi connectivity index (χ4v) is 4.27. The van der Waals surface area contributed by atoms with Crippen molar-refractivity contribution in [3.8, 4) is 5.75 Å². The van der Waals surface area contributed by atoms with Crippen molar-refractivity contribution >= 4 is 23.3 Å². The number of piperidine rings is 1. The summed E-state index contributed by atoms with van der Waals surface area (Å²) in [5.41, 5.74) is 2.38. The number of carbonyl (C=O) groups is 2. The average molecular weight is 506 g/mol. The Morgan fingerprint density at radius 3 is 2.43 bits per heavy atom. The predicted octanol–water partition coefficient (Wildman–Crippen LogP) is 4.62. The van der Waals surface area contributed by atoms with Crippen LogP contribution in [0.5, 0.6) is 5.75 Å². The van der Waals surface area contributed by atoms with Crippen LogP contribution in [0.2, 0.25) is 0 Å². The third-order valence-electron chi connectivity index (χ3n) is 6.17. The SMILES string of the molecule is O=C(NCc1ccn2ccnc2c1)Nc1ccc(OC2CCN(C(=O)c3cc(F)cc(F)c3)CC2)cc1. The molecule has 3 heterocycles. The summed E-state index contributed by atoms with van der Waals surface area (Å²) in [5, 5.41) is 5.62. The van der Waals surface area contributed by atoms with Gasteiger partial charge in [-0.1, -0.05) is 0 Å². The van der Waals surface area contributed by atoms with E-state index >= 15 is 0 Å². The van der Waals surface area contributed by atoms with Gasteiger partial charge in [0.1, 0.15) is 29.1 Å². The van der Waals surface area contributed by atoms with Crippen molar-refractivity contribution in [1.29, 1.82) is 0 Å². The Morgan fingerprint density at radius 2 is 1.70 bits per heavy atom. The lowest BCUT2D eigenvalue weighted by atomic mass is 10.1. The summed E-state index contributed by atoms with van der Waals surface area (Å²) in [6, 6.07) is 13.4. The van der Waals surface area contributed by atoms with E-state index in [2.05, 4.69) is 15.6 Å². The van der Waals surface area contributed by atoms with Crippen LogP contribution in [0.4, 0.5) is 19.3 Å². The molecule has 1 aliphatic heterocycles. The molecule has 10 heteroatoms. The van der Waals surface area contributed by atoms with Gasteiger partial charge in [-0.3, -0.25) is 4.79 Å². The molecule has 5 rings (SSSR count). The highest BCUT2D eigenvalue weighted by atomic mass is 19.1. The maximum Gasteiger partial charge on any atom is 0.319 e. The largest absolute Gasteiger partial charge is 0.490 e. The average Bonchev–Trinajstić information content (AvgIpc) is 3.36. The van der Waals surface area contributed by atoms with E-state index in [0.29, 0.717) is 43.9 Å². The zero-order valence-electron chi connectivity index (χ0n) is 19.9. The number of amides is 3. The number of hydrogen-bond donors (Lipinski definition) is 2. The van der Waals surface area contributed by atoms with E-state index in [1.807, 2.05) is 28.9 Å². The summed E-state index contributed by atoms with van der Waals surface area (Å²) >= 11 is 0. The number of anilines is 1. The topological polar surface area (TPSA) is 88.0 Å². The molecule has 0 radical (unpaired) electrons. The van der Waals surface area contributed by atoms with Crippen molar-refractivity contribution < 1.29 is 23.1 Å². The van der Waals surface area contributed by atoms with Gasteiger partial charge in [-0.25, -0.2) is 18.6 Å². The molecular weight excluding hydrogens is 480 g/mol. The number of benzene rings is 2. The summed E-state index contributed by atoms with van der Waals surface area (Å²) in [7, 11) is 0. The third-order valence-corrected chi connectivity index (χ3v) is 6.17. The van der Waals surface area contributed by atoms with E-state index < -0.39 is 17.5 Å². The molecule has 4 aromatic rings. The number of halogens is 2. The minimum Gasteiger partial charge on any atom is -0.490 e. The summed E-state index contributed by atoms with van der Waals surface area (Å²) < 4.78 is 34.8. The van der Waals surface area contributed by atoms with Crippen LogP contribution in [0, 0.1) is 11.6 Å². The first kappa shape index (κ1) is 24.2. The van der Waals surface area contributed by atoms with Crippen LogP contribution in [0.15, 0.2) is 73.2 Å². The van der Waals surface area contributed by atoms with Gasteiger partial charge in [0.25, 0.3) is 5.91 Å². The van der Waals surface area contributed by atoms with Crippen LogP contribution >= 0.6 is 0 Å². The first-order chi connectivity index (χ1) is 17.9. The van der Waals surface area contributed by atoms with Gasteiger partial charge in [0.15, 0.2) is 0 Å². The van der Waals surface area contributed by atoms with Gasteiger partial charge in [0, 0.05) is 68.4 Å². The molecule has 37 heavy (non-hydrogen) atoms. The first-order valence-corrected chi connectivity index (χ1v) is 11.9. The van der Waals surface area contributed by atoms with Crippen molar-refractivity contribution in [3.05, 3.63) is 95.9 Å². The Hall–Kier alpha value is -4.47. The number of imidazole rings is 1. The number of urea groups is 1. The molecule has 8 nitrogen and oxygen atoms in total. The summed E-state index contributed by atoms with van der Waals surface area (Å²) in [4.78, 5) is 30.7. The molecule has 1 aliphatic rings. The molecule has 1 saturated heterocycles. The minimum atomic E-state index is -0.774. The van der Waals surface area contributed by atoms with E-state index in [1.165, 1.54) is 0 Å². The Morgan fingerprint density at radius 1 is 0.973 bits per heavy atom. The number of ether oxygens (including phenoxy) is 1. The van der Waals surface area contributed by atoms with Gasteiger partial charge >= 0.3 is 6.03 Å². The molecule has 3 amide bonds. The van der Waals surface area contributed by atoms with E-state index in [4.69, 9.17) is 4.74 Å².